The molecule has 1 aromatic carbocycles. The average molecular weight is 342 g/mol. The number of aryl methyl sites for hydroxylation is 2. The van der Waals surface area contributed by atoms with E-state index in [4.69, 9.17) is 4.52 Å². The Morgan fingerprint density at radius 3 is 2.70 bits per heavy atom. The first-order chi connectivity index (χ1) is 10.8. The molecule has 1 saturated heterocycles. The summed E-state index contributed by atoms with van der Waals surface area (Å²) in [6.45, 7) is 3.69. The summed E-state index contributed by atoms with van der Waals surface area (Å²) in [5.41, 5.74) is 1.30. The van der Waals surface area contributed by atoms with Gasteiger partial charge in [0.2, 0.25) is 10.0 Å². The van der Waals surface area contributed by atoms with Gasteiger partial charge in [-0.25, -0.2) is 17.2 Å². The van der Waals surface area contributed by atoms with Crippen molar-refractivity contribution in [2.45, 2.75) is 37.6 Å². The number of rotatable bonds is 3. The van der Waals surface area contributed by atoms with Gasteiger partial charge in [-0.15, -0.1) is 0 Å². The number of halogens is 2. The lowest BCUT2D eigenvalue weighted by Crippen LogP contribution is -2.31. The van der Waals surface area contributed by atoms with Crippen molar-refractivity contribution in [3.8, 4) is 0 Å². The molecule has 0 aliphatic carbocycles. The lowest BCUT2D eigenvalue weighted by Gasteiger charge is -2.24. The van der Waals surface area contributed by atoms with Crippen LogP contribution in [0.15, 0.2) is 27.6 Å². The molecule has 1 fully saturated rings. The van der Waals surface area contributed by atoms with E-state index in [1.165, 1.54) is 4.31 Å². The molecule has 3 rings (SSSR count). The molecular formula is C15H16F2N2O3S. The minimum absolute atomic E-state index is 0.243. The summed E-state index contributed by atoms with van der Waals surface area (Å²) < 4.78 is 59.3. The summed E-state index contributed by atoms with van der Waals surface area (Å²) in [5.74, 6) is -1.22. The standard InChI is InChI=1S/C15H16F2N2O3S/c1-9-15(10(2)22-18-9)13-4-3-7-19(13)23(20,21)14-8-11(16)5-6-12(14)17/h5-6,8,13H,3-4,7H2,1-2H3/t13-/m0/s1. The molecule has 5 nitrogen and oxygen atoms in total. The molecule has 124 valence electrons. The van der Waals surface area contributed by atoms with Crippen LogP contribution in [0.1, 0.15) is 35.9 Å². The number of nitrogens with zero attached hydrogens (tertiary/aromatic N) is 2. The lowest BCUT2D eigenvalue weighted by molar-refractivity contribution is 0.374. The van der Waals surface area contributed by atoms with E-state index in [2.05, 4.69) is 5.16 Å². The van der Waals surface area contributed by atoms with Crippen molar-refractivity contribution in [2.75, 3.05) is 6.54 Å². The molecule has 23 heavy (non-hydrogen) atoms. The summed E-state index contributed by atoms with van der Waals surface area (Å²) in [6.07, 6.45) is 1.21. The van der Waals surface area contributed by atoms with E-state index in [0.29, 0.717) is 35.9 Å². The Balaban J connectivity index is 2.07. The number of benzene rings is 1. The third kappa shape index (κ3) is 2.66. The first-order valence-corrected chi connectivity index (χ1v) is 8.66. The van der Waals surface area contributed by atoms with Crippen LogP contribution in [0, 0.1) is 25.5 Å². The number of sulfonamides is 1. The smallest absolute Gasteiger partial charge is 0.246 e. The van der Waals surface area contributed by atoms with E-state index in [0.717, 1.165) is 12.1 Å². The van der Waals surface area contributed by atoms with Crippen molar-refractivity contribution in [3.05, 3.63) is 46.9 Å². The average Bonchev–Trinajstić information content (AvgIpc) is 3.08. The third-order valence-corrected chi connectivity index (χ3v) is 6.03. The highest BCUT2D eigenvalue weighted by atomic mass is 32.2. The number of hydrogen-bond acceptors (Lipinski definition) is 4. The summed E-state index contributed by atoms with van der Waals surface area (Å²) in [7, 11) is -4.15. The molecule has 1 atom stereocenters. The fourth-order valence-electron chi connectivity index (χ4n) is 3.08. The highest BCUT2D eigenvalue weighted by molar-refractivity contribution is 7.89. The quantitative estimate of drug-likeness (QED) is 0.860. The fraction of sp³-hybridized carbons (Fsp3) is 0.400. The van der Waals surface area contributed by atoms with Crippen molar-refractivity contribution in [1.82, 2.24) is 9.46 Å². The summed E-state index contributed by atoms with van der Waals surface area (Å²) in [4.78, 5) is -0.642. The van der Waals surface area contributed by atoms with E-state index in [9.17, 15) is 17.2 Å². The minimum Gasteiger partial charge on any atom is -0.361 e. The lowest BCUT2D eigenvalue weighted by atomic mass is 10.0. The second-order valence-electron chi connectivity index (χ2n) is 5.59. The zero-order valence-corrected chi connectivity index (χ0v) is 13.5. The molecule has 0 radical (unpaired) electrons. The maximum absolute atomic E-state index is 13.9. The van der Waals surface area contributed by atoms with Gasteiger partial charge < -0.3 is 4.52 Å². The predicted octanol–water partition coefficient (Wildman–Crippen LogP) is 3.10. The second-order valence-corrected chi connectivity index (χ2v) is 7.45. The van der Waals surface area contributed by atoms with Crippen LogP contribution in [-0.4, -0.2) is 24.4 Å². The first kappa shape index (κ1) is 16.1. The van der Waals surface area contributed by atoms with Crippen LogP contribution < -0.4 is 0 Å². The van der Waals surface area contributed by atoms with Crippen molar-refractivity contribution in [1.29, 1.82) is 0 Å². The topological polar surface area (TPSA) is 63.4 Å². The van der Waals surface area contributed by atoms with Gasteiger partial charge in [-0.05, 0) is 44.9 Å². The first-order valence-electron chi connectivity index (χ1n) is 7.22. The van der Waals surface area contributed by atoms with Gasteiger partial charge in [0.25, 0.3) is 0 Å². The van der Waals surface area contributed by atoms with E-state index in [1.807, 2.05) is 0 Å². The summed E-state index contributed by atoms with van der Waals surface area (Å²) in [5, 5.41) is 3.85. The maximum Gasteiger partial charge on any atom is 0.246 e. The molecule has 2 aromatic rings. The van der Waals surface area contributed by atoms with E-state index < -0.39 is 32.6 Å². The van der Waals surface area contributed by atoms with Gasteiger partial charge in [0.05, 0.1) is 11.7 Å². The van der Waals surface area contributed by atoms with Crippen LogP contribution in [0.4, 0.5) is 8.78 Å². The van der Waals surface area contributed by atoms with E-state index in [1.54, 1.807) is 13.8 Å². The molecule has 0 unspecified atom stereocenters. The van der Waals surface area contributed by atoms with E-state index in [-0.39, 0.29) is 6.54 Å². The predicted molar refractivity (Wildman–Crippen MR) is 78.2 cm³/mol. The van der Waals surface area contributed by atoms with Gasteiger partial charge in [0.1, 0.15) is 22.3 Å². The zero-order chi connectivity index (χ0) is 16.8. The van der Waals surface area contributed by atoms with Gasteiger partial charge in [-0.1, -0.05) is 5.16 Å². The molecule has 1 aromatic heterocycles. The summed E-state index contributed by atoms with van der Waals surface area (Å²) in [6, 6.07) is 1.95. The van der Waals surface area contributed by atoms with Gasteiger partial charge in [-0.3, -0.25) is 0 Å². The summed E-state index contributed by atoms with van der Waals surface area (Å²) >= 11 is 0. The Morgan fingerprint density at radius 2 is 2.04 bits per heavy atom. The number of hydrogen-bond donors (Lipinski definition) is 0. The van der Waals surface area contributed by atoms with Crippen molar-refractivity contribution >= 4 is 10.0 Å². The van der Waals surface area contributed by atoms with Crippen LogP contribution in [-0.2, 0) is 10.0 Å². The monoisotopic (exact) mass is 342 g/mol. The Morgan fingerprint density at radius 1 is 1.30 bits per heavy atom. The minimum atomic E-state index is -4.15. The van der Waals surface area contributed by atoms with Gasteiger partial charge in [0.15, 0.2) is 0 Å². The van der Waals surface area contributed by atoms with Crippen LogP contribution in [0.25, 0.3) is 0 Å². The second kappa shape index (κ2) is 5.68. The highest BCUT2D eigenvalue weighted by Crippen LogP contribution is 2.39. The molecule has 0 saturated carbocycles. The van der Waals surface area contributed by atoms with Crippen LogP contribution in [0.3, 0.4) is 0 Å². The molecule has 0 spiro atoms. The third-order valence-electron chi connectivity index (χ3n) is 4.11. The van der Waals surface area contributed by atoms with Crippen molar-refractivity contribution in [3.63, 3.8) is 0 Å². The van der Waals surface area contributed by atoms with Crippen LogP contribution in [0.2, 0.25) is 0 Å². The van der Waals surface area contributed by atoms with Crippen LogP contribution >= 0.6 is 0 Å². The largest absolute Gasteiger partial charge is 0.361 e. The van der Waals surface area contributed by atoms with Gasteiger partial charge in [-0.2, -0.15) is 4.31 Å². The van der Waals surface area contributed by atoms with Crippen LogP contribution in [0.5, 0.6) is 0 Å². The maximum atomic E-state index is 13.9. The molecule has 0 amide bonds. The highest BCUT2D eigenvalue weighted by Gasteiger charge is 2.40. The molecule has 8 heteroatoms. The Hall–Kier alpha value is -1.80. The Kier molecular flexibility index (Phi) is 3.97. The molecule has 1 aliphatic heterocycles. The van der Waals surface area contributed by atoms with Gasteiger partial charge >= 0.3 is 0 Å². The molecule has 1 aliphatic rings. The van der Waals surface area contributed by atoms with Gasteiger partial charge in [0, 0.05) is 12.1 Å². The molecule has 0 N–H and O–H groups in total. The van der Waals surface area contributed by atoms with Crippen molar-refractivity contribution < 1.29 is 21.7 Å². The van der Waals surface area contributed by atoms with Crippen molar-refractivity contribution in [2.24, 2.45) is 0 Å². The Bertz CT molecular complexity index is 829. The molecular weight excluding hydrogens is 326 g/mol. The van der Waals surface area contributed by atoms with E-state index >= 15 is 0 Å². The normalized spacial score (nSPS) is 19.4. The molecule has 2 heterocycles. The fourth-order valence-corrected chi connectivity index (χ4v) is 4.83. The zero-order valence-electron chi connectivity index (χ0n) is 12.7. The Labute approximate surface area is 132 Å². The number of aromatic nitrogens is 1. The molecule has 0 bridgehead atoms. The SMILES string of the molecule is Cc1noc(C)c1[C@@H]1CCCN1S(=O)(=O)c1cc(F)ccc1F.